The van der Waals surface area contributed by atoms with Gasteiger partial charge >= 0.3 is 0 Å². The van der Waals surface area contributed by atoms with Gasteiger partial charge in [-0.1, -0.05) is 0 Å². The molecule has 0 atom stereocenters. The van der Waals surface area contributed by atoms with Crippen LogP contribution in [0.25, 0.3) is 0 Å². The fourth-order valence-electron chi connectivity index (χ4n) is 1.69. The monoisotopic (exact) mass is 210 g/mol. The smallest absolute Gasteiger partial charge is 0.123 e. The van der Waals surface area contributed by atoms with Gasteiger partial charge in [-0.15, -0.1) is 0 Å². The first-order valence-corrected chi connectivity index (χ1v) is 5.24. The molecule has 0 amide bonds. The molecule has 0 heterocycles. The fraction of sp³-hybridized carbons (Fsp3) is 0.500. The Morgan fingerprint density at radius 1 is 1.27 bits per heavy atom. The van der Waals surface area contributed by atoms with E-state index in [0.29, 0.717) is 6.54 Å². The Kier molecular flexibility index (Phi) is 3.69. The molecule has 1 aromatic rings. The fourth-order valence-corrected chi connectivity index (χ4v) is 1.69. The van der Waals surface area contributed by atoms with Crippen LogP contribution in [0.3, 0.4) is 0 Å². The largest absolute Gasteiger partial charge is 0.365 e. The van der Waals surface area contributed by atoms with Crippen LogP contribution in [0.15, 0.2) is 24.3 Å². The van der Waals surface area contributed by atoms with Crippen LogP contribution in [0, 0.1) is 5.82 Å². The number of hydrogen-bond acceptors (Lipinski definition) is 2. The zero-order valence-electron chi connectivity index (χ0n) is 9.63. The SMILES string of the molecule is CCN(c1ccc(F)cc1)C(C)(C)CN. The Hall–Kier alpha value is -1.09. The van der Waals surface area contributed by atoms with E-state index in [1.165, 1.54) is 12.1 Å². The molecule has 2 N–H and O–H groups in total. The summed E-state index contributed by atoms with van der Waals surface area (Å²) in [5.41, 5.74) is 6.64. The molecule has 0 aliphatic heterocycles. The van der Waals surface area contributed by atoms with E-state index < -0.39 is 0 Å². The molecule has 0 aliphatic carbocycles. The minimum Gasteiger partial charge on any atom is -0.365 e. The zero-order chi connectivity index (χ0) is 11.5. The third kappa shape index (κ3) is 2.69. The number of hydrogen-bond donors (Lipinski definition) is 1. The second-order valence-corrected chi connectivity index (χ2v) is 4.24. The zero-order valence-corrected chi connectivity index (χ0v) is 9.63. The van der Waals surface area contributed by atoms with Crippen LogP contribution in [0.2, 0.25) is 0 Å². The number of benzene rings is 1. The van der Waals surface area contributed by atoms with Crippen LogP contribution in [0.1, 0.15) is 20.8 Å². The molecular weight excluding hydrogens is 191 g/mol. The Bertz CT molecular complexity index is 306. The summed E-state index contributed by atoms with van der Waals surface area (Å²) in [6.45, 7) is 7.66. The average Bonchev–Trinajstić information content (AvgIpc) is 2.22. The predicted octanol–water partition coefficient (Wildman–Crippen LogP) is 2.39. The molecule has 0 saturated heterocycles. The molecular formula is C12H19FN2. The summed E-state index contributed by atoms with van der Waals surface area (Å²) in [5, 5.41) is 0. The van der Waals surface area contributed by atoms with Gasteiger partial charge in [0.2, 0.25) is 0 Å². The van der Waals surface area contributed by atoms with Gasteiger partial charge in [-0.25, -0.2) is 4.39 Å². The quantitative estimate of drug-likeness (QED) is 0.826. The summed E-state index contributed by atoms with van der Waals surface area (Å²) < 4.78 is 12.8. The van der Waals surface area contributed by atoms with Crippen molar-refractivity contribution in [2.24, 2.45) is 5.73 Å². The van der Waals surface area contributed by atoms with Crippen LogP contribution < -0.4 is 10.6 Å². The number of rotatable bonds is 4. The molecule has 0 saturated carbocycles. The maximum Gasteiger partial charge on any atom is 0.123 e. The van der Waals surface area contributed by atoms with Gasteiger partial charge in [-0.05, 0) is 45.0 Å². The van der Waals surface area contributed by atoms with E-state index in [1.54, 1.807) is 12.1 Å². The maximum atomic E-state index is 12.8. The Labute approximate surface area is 90.9 Å². The maximum absolute atomic E-state index is 12.8. The molecule has 1 aromatic carbocycles. The van der Waals surface area contributed by atoms with Gasteiger partial charge in [0.15, 0.2) is 0 Å². The van der Waals surface area contributed by atoms with Crippen LogP contribution in [0.5, 0.6) is 0 Å². The minimum atomic E-state index is -0.208. The number of halogens is 1. The summed E-state index contributed by atoms with van der Waals surface area (Å²) in [6.07, 6.45) is 0. The summed E-state index contributed by atoms with van der Waals surface area (Å²) in [6, 6.07) is 6.53. The Morgan fingerprint density at radius 2 is 1.80 bits per heavy atom. The third-order valence-corrected chi connectivity index (χ3v) is 2.68. The lowest BCUT2D eigenvalue weighted by Gasteiger charge is -2.39. The highest BCUT2D eigenvalue weighted by molar-refractivity contribution is 5.48. The lowest BCUT2D eigenvalue weighted by atomic mass is 10.0. The van der Waals surface area contributed by atoms with E-state index in [1.807, 2.05) is 0 Å². The van der Waals surface area contributed by atoms with Gasteiger partial charge in [0.1, 0.15) is 5.82 Å². The molecule has 0 fully saturated rings. The standard InChI is InChI=1S/C12H19FN2/c1-4-15(12(2,3)9-14)11-7-5-10(13)6-8-11/h5-8H,4,9,14H2,1-3H3. The van der Waals surface area contributed by atoms with E-state index in [9.17, 15) is 4.39 Å². The highest BCUT2D eigenvalue weighted by Crippen LogP contribution is 2.23. The first-order chi connectivity index (χ1) is 7.01. The number of nitrogens with two attached hydrogens (primary N) is 1. The molecule has 0 unspecified atom stereocenters. The molecule has 84 valence electrons. The normalized spacial score (nSPS) is 11.5. The Balaban J connectivity index is 2.97. The molecule has 0 bridgehead atoms. The summed E-state index contributed by atoms with van der Waals surface area (Å²) >= 11 is 0. The van der Waals surface area contributed by atoms with Gasteiger partial charge in [0.25, 0.3) is 0 Å². The molecule has 1 rings (SSSR count). The van der Waals surface area contributed by atoms with Crippen LogP contribution in [-0.2, 0) is 0 Å². The number of nitrogens with zero attached hydrogens (tertiary/aromatic N) is 1. The van der Waals surface area contributed by atoms with Gasteiger partial charge in [-0.2, -0.15) is 0 Å². The molecule has 0 aliphatic rings. The average molecular weight is 210 g/mol. The van der Waals surface area contributed by atoms with Crippen molar-refractivity contribution in [2.75, 3.05) is 18.0 Å². The van der Waals surface area contributed by atoms with Crippen molar-refractivity contribution in [3.05, 3.63) is 30.1 Å². The van der Waals surface area contributed by atoms with E-state index in [2.05, 4.69) is 25.7 Å². The molecule has 3 heteroatoms. The second kappa shape index (κ2) is 4.62. The number of anilines is 1. The van der Waals surface area contributed by atoms with Crippen molar-refractivity contribution in [3.8, 4) is 0 Å². The van der Waals surface area contributed by atoms with Crippen LogP contribution in [0.4, 0.5) is 10.1 Å². The summed E-state index contributed by atoms with van der Waals surface area (Å²) in [4.78, 5) is 2.17. The summed E-state index contributed by atoms with van der Waals surface area (Å²) in [5.74, 6) is -0.208. The van der Waals surface area contributed by atoms with Crippen LogP contribution in [-0.4, -0.2) is 18.6 Å². The van der Waals surface area contributed by atoms with E-state index in [-0.39, 0.29) is 11.4 Å². The first-order valence-electron chi connectivity index (χ1n) is 5.24. The van der Waals surface area contributed by atoms with E-state index in [4.69, 9.17) is 5.73 Å². The van der Waals surface area contributed by atoms with Gasteiger partial charge in [-0.3, -0.25) is 0 Å². The van der Waals surface area contributed by atoms with E-state index >= 15 is 0 Å². The second-order valence-electron chi connectivity index (χ2n) is 4.24. The van der Waals surface area contributed by atoms with Gasteiger partial charge < -0.3 is 10.6 Å². The number of likely N-dealkylation sites (N-methyl/N-ethyl adjacent to an activating group) is 1. The van der Waals surface area contributed by atoms with Crippen molar-refractivity contribution in [2.45, 2.75) is 26.3 Å². The molecule has 0 spiro atoms. The lowest BCUT2D eigenvalue weighted by Crippen LogP contribution is -2.49. The van der Waals surface area contributed by atoms with Gasteiger partial charge in [0.05, 0.1) is 0 Å². The highest BCUT2D eigenvalue weighted by Gasteiger charge is 2.23. The first kappa shape index (κ1) is 12.0. The Morgan fingerprint density at radius 3 is 2.20 bits per heavy atom. The van der Waals surface area contributed by atoms with Crippen molar-refractivity contribution < 1.29 is 4.39 Å². The van der Waals surface area contributed by atoms with E-state index in [0.717, 1.165) is 12.2 Å². The van der Waals surface area contributed by atoms with Crippen molar-refractivity contribution in [1.82, 2.24) is 0 Å². The molecule has 0 aromatic heterocycles. The minimum absolute atomic E-state index is 0.105. The third-order valence-electron chi connectivity index (χ3n) is 2.68. The predicted molar refractivity (Wildman–Crippen MR) is 62.6 cm³/mol. The highest BCUT2D eigenvalue weighted by atomic mass is 19.1. The van der Waals surface area contributed by atoms with Gasteiger partial charge in [0, 0.05) is 24.3 Å². The van der Waals surface area contributed by atoms with Crippen molar-refractivity contribution in [1.29, 1.82) is 0 Å². The van der Waals surface area contributed by atoms with Crippen LogP contribution >= 0.6 is 0 Å². The summed E-state index contributed by atoms with van der Waals surface area (Å²) in [7, 11) is 0. The molecule has 15 heavy (non-hydrogen) atoms. The van der Waals surface area contributed by atoms with Crippen molar-refractivity contribution >= 4 is 5.69 Å². The topological polar surface area (TPSA) is 29.3 Å². The van der Waals surface area contributed by atoms with Crippen molar-refractivity contribution in [3.63, 3.8) is 0 Å². The molecule has 2 nitrogen and oxygen atoms in total. The molecule has 0 radical (unpaired) electrons. The lowest BCUT2D eigenvalue weighted by molar-refractivity contribution is 0.477.